The SMILES string of the molecule is C#N.C#N.CCCn1ccc2cc(C=NN)cnc21. The van der Waals surface area contributed by atoms with Gasteiger partial charge in [-0.25, -0.2) is 15.5 Å². The van der Waals surface area contributed by atoms with Crippen molar-refractivity contribution >= 4 is 17.2 Å². The molecule has 2 rings (SSSR count). The molecule has 0 spiro atoms. The normalized spacial score (nSPS) is 9.32. The molecule has 6 heteroatoms. The zero-order chi connectivity index (χ0) is 14.7. The van der Waals surface area contributed by atoms with Crippen LogP contribution in [-0.4, -0.2) is 15.8 Å². The van der Waals surface area contributed by atoms with Crippen LogP contribution in [-0.2, 0) is 6.54 Å². The molecule has 0 aliphatic heterocycles. The van der Waals surface area contributed by atoms with E-state index in [4.69, 9.17) is 16.4 Å². The maximum Gasteiger partial charge on any atom is 0.139 e. The molecule has 19 heavy (non-hydrogen) atoms. The van der Waals surface area contributed by atoms with Crippen molar-refractivity contribution in [1.29, 1.82) is 10.5 Å². The standard InChI is InChI=1S/C11H14N4.2CHN/c1-2-4-15-5-3-10-6-9(8-14-12)7-13-11(10)15;2*1-2/h3,5-8H,2,4,12H2,1H3;2*1H. The van der Waals surface area contributed by atoms with Gasteiger partial charge in [-0.2, -0.15) is 5.10 Å². The Morgan fingerprint density at radius 2 is 2.11 bits per heavy atom. The van der Waals surface area contributed by atoms with E-state index in [1.54, 1.807) is 12.4 Å². The first-order valence-corrected chi connectivity index (χ1v) is 5.55. The van der Waals surface area contributed by atoms with E-state index >= 15 is 0 Å². The van der Waals surface area contributed by atoms with Crippen molar-refractivity contribution in [2.75, 3.05) is 0 Å². The predicted molar refractivity (Wildman–Crippen MR) is 75.1 cm³/mol. The van der Waals surface area contributed by atoms with E-state index in [9.17, 15) is 0 Å². The Morgan fingerprint density at radius 1 is 1.42 bits per heavy atom. The van der Waals surface area contributed by atoms with Crippen molar-refractivity contribution in [3.8, 4) is 13.1 Å². The van der Waals surface area contributed by atoms with E-state index in [1.165, 1.54) is 0 Å². The van der Waals surface area contributed by atoms with Crippen molar-refractivity contribution in [1.82, 2.24) is 9.55 Å². The lowest BCUT2D eigenvalue weighted by molar-refractivity contribution is 0.697. The quantitative estimate of drug-likeness (QED) is 0.515. The molecule has 0 amide bonds. The van der Waals surface area contributed by atoms with Gasteiger partial charge in [-0.3, -0.25) is 0 Å². The number of rotatable bonds is 3. The van der Waals surface area contributed by atoms with Gasteiger partial charge >= 0.3 is 0 Å². The van der Waals surface area contributed by atoms with Crippen molar-refractivity contribution in [3.05, 3.63) is 30.1 Å². The van der Waals surface area contributed by atoms with Gasteiger partial charge in [0.2, 0.25) is 0 Å². The van der Waals surface area contributed by atoms with Gasteiger partial charge < -0.3 is 10.4 Å². The van der Waals surface area contributed by atoms with Crippen molar-refractivity contribution in [3.63, 3.8) is 0 Å². The minimum atomic E-state index is 0.930. The van der Waals surface area contributed by atoms with Gasteiger partial charge in [-0.05, 0) is 18.6 Å². The lowest BCUT2D eigenvalue weighted by atomic mass is 10.2. The van der Waals surface area contributed by atoms with E-state index in [-0.39, 0.29) is 0 Å². The molecule has 0 bridgehead atoms. The van der Waals surface area contributed by atoms with E-state index in [0.29, 0.717) is 0 Å². The van der Waals surface area contributed by atoms with Crippen LogP contribution in [0, 0.1) is 23.7 Å². The number of nitrogens with two attached hydrogens (primary N) is 1. The van der Waals surface area contributed by atoms with Crippen LogP contribution in [0.3, 0.4) is 0 Å². The average Bonchev–Trinajstić information content (AvgIpc) is 2.87. The number of pyridine rings is 1. The lowest BCUT2D eigenvalue weighted by Crippen LogP contribution is -1.96. The number of hydrazone groups is 1. The van der Waals surface area contributed by atoms with E-state index < -0.39 is 0 Å². The highest BCUT2D eigenvalue weighted by Gasteiger charge is 2.01. The third kappa shape index (κ3) is 4.14. The Labute approximate surface area is 112 Å². The second-order valence-corrected chi connectivity index (χ2v) is 3.47. The fourth-order valence-electron chi connectivity index (χ4n) is 1.67. The summed E-state index contributed by atoms with van der Waals surface area (Å²) in [7, 11) is 0. The van der Waals surface area contributed by atoms with E-state index in [1.807, 2.05) is 6.07 Å². The van der Waals surface area contributed by atoms with Gasteiger partial charge in [0.1, 0.15) is 5.65 Å². The van der Waals surface area contributed by atoms with Crippen LogP contribution in [0.4, 0.5) is 0 Å². The molecule has 0 saturated carbocycles. The fourth-order valence-corrected chi connectivity index (χ4v) is 1.67. The average molecular weight is 256 g/mol. The Balaban J connectivity index is 0.000000741. The Morgan fingerprint density at radius 3 is 2.68 bits per heavy atom. The molecule has 0 saturated heterocycles. The summed E-state index contributed by atoms with van der Waals surface area (Å²) in [5, 5.41) is 17.6. The van der Waals surface area contributed by atoms with Gasteiger partial charge in [0, 0.05) is 43.0 Å². The first kappa shape index (κ1) is 16.1. The molecular weight excluding hydrogens is 240 g/mol. The summed E-state index contributed by atoms with van der Waals surface area (Å²) in [4.78, 5) is 4.39. The second-order valence-electron chi connectivity index (χ2n) is 3.47. The molecule has 2 aromatic heterocycles. The van der Waals surface area contributed by atoms with Gasteiger partial charge in [0.25, 0.3) is 0 Å². The number of fused-ring (bicyclic) bond motifs is 1. The number of aryl methyl sites for hydroxylation is 1. The highest BCUT2D eigenvalue weighted by Crippen LogP contribution is 2.14. The smallest absolute Gasteiger partial charge is 0.139 e. The third-order valence-electron chi connectivity index (χ3n) is 2.31. The van der Waals surface area contributed by atoms with Crippen LogP contribution in [0.25, 0.3) is 11.0 Å². The van der Waals surface area contributed by atoms with E-state index in [2.05, 4.69) is 47.0 Å². The minimum absolute atomic E-state index is 0.930. The number of nitrogens with zero attached hydrogens (tertiary/aromatic N) is 5. The van der Waals surface area contributed by atoms with Crippen molar-refractivity contribution < 1.29 is 0 Å². The third-order valence-corrected chi connectivity index (χ3v) is 2.31. The molecule has 0 radical (unpaired) electrons. The molecule has 0 aliphatic rings. The van der Waals surface area contributed by atoms with E-state index in [0.717, 1.165) is 29.6 Å². The topological polar surface area (TPSA) is 104 Å². The second kappa shape index (κ2) is 9.20. The van der Waals surface area contributed by atoms with Gasteiger partial charge in [-0.15, -0.1) is 0 Å². The van der Waals surface area contributed by atoms with Crippen LogP contribution < -0.4 is 5.84 Å². The largest absolute Gasteiger partial charge is 0.333 e. The summed E-state index contributed by atoms with van der Waals surface area (Å²) in [6, 6.07) is 4.09. The summed E-state index contributed by atoms with van der Waals surface area (Å²) in [5.74, 6) is 5.09. The molecular formula is C13H16N6. The molecule has 2 aromatic rings. The summed E-state index contributed by atoms with van der Waals surface area (Å²) < 4.78 is 2.15. The monoisotopic (exact) mass is 256 g/mol. The maximum absolute atomic E-state index is 6.50. The van der Waals surface area contributed by atoms with Crippen molar-refractivity contribution in [2.24, 2.45) is 10.9 Å². The van der Waals surface area contributed by atoms with Crippen LogP contribution in [0.15, 0.2) is 29.6 Å². The fraction of sp³-hybridized carbons (Fsp3) is 0.231. The molecule has 2 heterocycles. The maximum atomic E-state index is 6.50. The lowest BCUT2D eigenvalue weighted by Gasteiger charge is -2.01. The van der Waals surface area contributed by atoms with Gasteiger partial charge in [-0.1, -0.05) is 6.92 Å². The highest BCUT2D eigenvalue weighted by atomic mass is 15.1. The zero-order valence-electron chi connectivity index (χ0n) is 10.8. The molecule has 0 fully saturated rings. The van der Waals surface area contributed by atoms with Crippen molar-refractivity contribution in [2.45, 2.75) is 19.9 Å². The van der Waals surface area contributed by atoms with Gasteiger partial charge in [0.05, 0.1) is 6.21 Å². The molecule has 0 aromatic carbocycles. The van der Waals surface area contributed by atoms with Gasteiger partial charge in [0.15, 0.2) is 0 Å². The zero-order valence-corrected chi connectivity index (χ0v) is 10.8. The summed E-state index contributed by atoms with van der Waals surface area (Å²) in [6.07, 6.45) is 6.55. The van der Waals surface area contributed by atoms with Crippen LogP contribution >= 0.6 is 0 Å². The molecule has 2 N–H and O–H groups in total. The molecule has 6 nitrogen and oxygen atoms in total. The number of hydrogen-bond acceptors (Lipinski definition) is 5. The molecule has 0 aliphatic carbocycles. The minimum Gasteiger partial charge on any atom is -0.333 e. The number of aromatic nitrogens is 2. The Bertz CT molecular complexity index is 558. The first-order valence-electron chi connectivity index (χ1n) is 5.55. The van der Waals surface area contributed by atoms with Crippen LogP contribution in [0.5, 0.6) is 0 Å². The molecule has 0 atom stereocenters. The summed E-state index contributed by atoms with van der Waals surface area (Å²) in [5.41, 5.74) is 1.95. The first-order chi connectivity index (χ1) is 9.35. The highest BCUT2D eigenvalue weighted by molar-refractivity contribution is 5.86. The predicted octanol–water partition coefficient (Wildman–Crippen LogP) is 2.02. The Kier molecular flexibility index (Phi) is 7.81. The summed E-state index contributed by atoms with van der Waals surface area (Å²) in [6.45, 7) is 10.2. The molecule has 0 unspecified atom stereocenters. The Hall–Kier alpha value is -2.86. The number of hydrogen-bond donors (Lipinski definition) is 1. The molecule has 98 valence electrons. The summed E-state index contributed by atoms with van der Waals surface area (Å²) >= 11 is 0. The van der Waals surface area contributed by atoms with Crippen LogP contribution in [0.2, 0.25) is 0 Å². The van der Waals surface area contributed by atoms with Crippen LogP contribution in [0.1, 0.15) is 18.9 Å². The number of nitriles is 2.